The van der Waals surface area contributed by atoms with E-state index < -0.39 is 0 Å². The summed E-state index contributed by atoms with van der Waals surface area (Å²) in [6.45, 7) is 3.63. The maximum absolute atomic E-state index is 12.0. The van der Waals surface area contributed by atoms with Gasteiger partial charge in [-0.1, -0.05) is 6.07 Å². The van der Waals surface area contributed by atoms with Crippen LogP contribution >= 0.6 is 0 Å². The Morgan fingerprint density at radius 1 is 1.37 bits per heavy atom. The molecule has 1 aliphatic rings. The van der Waals surface area contributed by atoms with Gasteiger partial charge in [0.15, 0.2) is 0 Å². The Hall–Kier alpha value is -1.39. The highest BCUT2D eigenvalue weighted by molar-refractivity contribution is 5.94. The predicted molar refractivity (Wildman–Crippen MR) is 77.4 cm³/mol. The number of carbonyl (C=O) groups is 1. The summed E-state index contributed by atoms with van der Waals surface area (Å²) in [6.07, 6.45) is 2.03. The molecule has 0 aromatic heterocycles. The van der Waals surface area contributed by atoms with Gasteiger partial charge < -0.3 is 15.5 Å². The molecule has 1 amide bonds. The molecule has 0 bridgehead atoms. The molecule has 0 unspecified atom stereocenters. The zero-order chi connectivity index (χ0) is 13.7. The second kappa shape index (κ2) is 6.68. The third-order valence-corrected chi connectivity index (χ3v) is 3.42. The molecule has 4 heteroatoms. The molecule has 0 spiro atoms. The fourth-order valence-corrected chi connectivity index (χ4v) is 2.32. The van der Waals surface area contributed by atoms with E-state index in [4.69, 9.17) is 0 Å². The van der Waals surface area contributed by atoms with Crippen LogP contribution in [-0.4, -0.2) is 44.5 Å². The highest BCUT2D eigenvalue weighted by atomic mass is 16.1. The molecule has 0 aliphatic carbocycles. The van der Waals surface area contributed by atoms with Crippen LogP contribution in [0.3, 0.4) is 0 Å². The number of rotatable bonds is 5. The van der Waals surface area contributed by atoms with Gasteiger partial charge in [-0.25, -0.2) is 0 Å². The molecule has 0 atom stereocenters. The predicted octanol–water partition coefficient (Wildman–Crippen LogP) is 1.01. The minimum Gasteiger partial charge on any atom is -0.352 e. The van der Waals surface area contributed by atoms with Crippen LogP contribution < -0.4 is 10.6 Å². The van der Waals surface area contributed by atoms with Crippen molar-refractivity contribution < 1.29 is 4.79 Å². The van der Waals surface area contributed by atoms with E-state index in [1.165, 1.54) is 11.1 Å². The van der Waals surface area contributed by atoms with Crippen molar-refractivity contribution in [3.8, 4) is 0 Å². The number of amides is 1. The Balaban J connectivity index is 1.88. The molecule has 1 aliphatic heterocycles. The van der Waals surface area contributed by atoms with Crippen molar-refractivity contribution in [3.05, 3.63) is 34.9 Å². The minimum absolute atomic E-state index is 0.0344. The second-order valence-corrected chi connectivity index (χ2v) is 5.32. The number of hydrogen-bond donors (Lipinski definition) is 2. The number of nitrogens with zero attached hydrogens (tertiary/aromatic N) is 1. The molecule has 2 rings (SSSR count). The van der Waals surface area contributed by atoms with Gasteiger partial charge >= 0.3 is 0 Å². The largest absolute Gasteiger partial charge is 0.352 e. The normalized spacial score (nSPS) is 14.3. The zero-order valence-electron chi connectivity index (χ0n) is 11.8. The van der Waals surface area contributed by atoms with Gasteiger partial charge in [-0.3, -0.25) is 4.79 Å². The molecule has 0 saturated carbocycles. The van der Waals surface area contributed by atoms with Gasteiger partial charge in [0.1, 0.15) is 0 Å². The van der Waals surface area contributed by atoms with Gasteiger partial charge in [0, 0.05) is 18.7 Å². The van der Waals surface area contributed by atoms with E-state index in [0.29, 0.717) is 0 Å². The first-order chi connectivity index (χ1) is 9.16. The lowest BCUT2D eigenvalue weighted by molar-refractivity contribution is 0.0952. The Labute approximate surface area is 115 Å². The summed E-state index contributed by atoms with van der Waals surface area (Å²) in [7, 11) is 4.08. The number of carbonyl (C=O) groups excluding carboxylic acids is 1. The number of hydrogen-bond acceptors (Lipinski definition) is 3. The molecule has 4 nitrogen and oxygen atoms in total. The Bertz CT molecular complexity index is 443. The van der Waals surface area contributed by atoms with E-state index in [1.807, 2.05) is 26.2 Å². The fourth-order valence-electron chi connectivity index (χ4n) is 2.32. The van der Waals surface area contributed by atoms with Crippen molar-refractivity contribution in [3.63, 3.8) is 0 Å². The van der Waals surface area contributed by atoms with Crippen LogP contribution in [0.15, 0.2) is 18.2 Å². The highest BCUT2D eigenvalue weighted by Gasteiger charge is 2.12. The summed E-state index contributed by atoms with van der Waals surface area (Å²) in [4.78, 5) is 14.2. The average molecular weight is 261 g/mol. The molecule has 0 saturated heterocycles. The lowest BCUT2D eigenvalue weighted by Gasteiger charge is -2.17. The maximum Gasteiger partial charge on any atom is 0.251 e. The summed E-state index contributed by atoms with van der Waals surface area (Å²) in [6, 6.07) is 6.04. The molecule has 0 fully saturated rings. The van der Waals surface area contributed by atoms with Crippen LogP contribution in [0, 0.1) is 0 Å². The van der Waals surface area contributed by atoms with Crippen LogP contribution in [0.4, 0.5) is 0 Å². The standard InChI is InChI=1S/C15H23N3O/c1-18(2)9-3-7-17-15(19)13-5-4-12-6-8-16-11-14(12)10-13/h4-5,10,16H,3,6-9,11H2,1-2H3,(H,17,19). The summed E-state index contributed by atoms with van der Waals surface area (Å²) >= 11 is 0. The Morgan fingerprint density at radius 2 is 2.21 bits per heavy atom. The van der Waals surface area contributed by atoms with Crippen molar-refractivity contribution in [2.75, 3.05) is 33.7 Å². The van der Waals surface area contributed by atoms with E-state index in [1.54, 1.807) is 0 Å². The van der Waals surface area contributed by atoms with Crippen molar-refractivity contribution in [2.45, 2.75) is 19.4 Å². The summed E-state index contributed by atoms with van der Waals surface area (Å²) < 4.78 is 0. The van der Waals surface area contributed by atoms with Gasteiger partial charge in [-0.15, -0.1) is 0 Å². The Kier molecular flexibility index (Phi) is 4.93. The molecular formula is C15H23N3O. The molecule has 1 aromatic carbocycles. The fraction of sp³-hybridized carbons (Fsp3) is 0.533. The first kappa shape index (κ1) is 14.0. The molecule has 19 heavy (non-hydrogen) atoms. The van der Waals surface area contributed by atoms with Crippen LogP contribution in [0.25, 0.3) is 0 Å². The quantitative estimate of drug-likeness (QED) is 0.778. The smallest absolute Gasteiger partial charge is 0.251 e. The van der Waals surface area contributed by atoms with E-state index in [-0.39, 0.29) is 5.91 Å². The number of nitrogens with one attached hydrogen (secondary N) is 2. The molecule has 2 N–H and O–H groups in total. The van der Waals surface area contributed by atoms with Gasteiger partial charge in [0.2, 0.25) is 0 Å². The topological polar surface area (TPSA) is 44.4 Å². The summed E-state index contributed by atoms with van der Waals surface area (Å²) in [5.74, 6) is 0.0344. The zero-order valence-corrected chi connectivity index (χ0v) is 11.8. The van der Waals surface area contributed by atoms with Crippen LogP contribution in [0.2, 0.25) is 0 Å². The van der Waals surface area contributed by atoms with Crippen molar-refractivity contribution >= 4 is 5.91 Å². The van der Waals surface area contributed by atoms with E-state index in [0.717, 1.165) is 44.6 Å². The molecule has 1 heterocycles. The van der Waals surface area contributed by atoms with Gasteiger partial charge in [0.25, 0.3) is 5.91 Å². The van der Waals surface area contributed by atoms with Crippen molar-refractivity contribution in [1.82, 2.24) is 15.5 Å². The van der Waals surface area contributed by atoms with Crippen molar-refractivity contribution in [1.29, 1.82) is 0 Å². The first-order valence-corrected chi connectivity index (χ1v) is 6.92. The monoisotopic (exact) mass is 261 g/mol. The van der Waals surface area contributed by atoms with Gasteiger partial charge in [-0.05, 0) is 63.3 Å². The number of fused-ring (bicyclic) bond motifs is 1. The average Bonchev–Trinajstić information content (AvgIpc) is 2.42. The van der Waals surface area contributed by atoms with E-state index >= 15 is 0 Å². The lowest BCUT2D eigenvalue weighted by Crippen LogP contribution is -2.28. The third kappa shape index (κ3) is 4.04. The molecular weight excluding hydrogens is 238 g/mol. The lowest BCUT2D eigenvalue weighted by atomic mass is 9.98. The molecule has 1 aromatic rings. The number of benzene rings is 1. The van der Waals surface area contributed by atoms with Crippen molar-refractivity contribution in [2.24, 2.45) is 0 Å². The van der Waals surface area contributed by atoms with Gasteiger partial charge in [0.05, 0.1) is 0 Å². The summed E-state index contributed by atoms with van der Waals surface area (Å²) in [5.41, 5.74) is 3.39. The molecule has 0 radical (unpaired) electrons. The van der Waals surface area contributed by atoms with Crippen LogP contribution in [-0.2, 0) is 13.0 Å². The first-order valence-electron chi connectivity index (χ1n) is 6.92. The SMILES string of the molecule is CN(C)CCCNC(=O)c1ccc2c(c1)CNCC2. The second-order valence-electron chi connectivity index (χ2n) is 5.32. The van der Waals surface area contributed by atoms with E-state index in [2.05, 4.69) is 21.6 Å². The molecule has 104 valence electrons. The van der Waals surface area contributed by atoms with Gasteiger partial charge in [-0.2, -0.15) is 0 Å². The van der Waals surface area contributed by atoms with E-state index in [9.17, 15) is 4.79 Å². The Morgan fingerprint density at radius 3 is 3.00 bits per heavy atom. The van der Waals surface area contributed by atoms with Crippen LogP contribution in [0.5, 0.6) is 0 Å². The van der Waals surface area contributed by atoms with Crippen LogP contribution in [0.1, 0.15) is 27.9 Å². The highest BCUT2D eigenvalue weighted by Crippen LogP contribution is 2.15. The summed E-state index contributed by atoms with van der Waals surface area (Å²) in [5, 5.41) is 6.31. The minimum atomic E-state index is 0.0344. The maximum atomic E-state index is 12.0. The third-order valence-electron chi connectivity index (χ3n) is 3.42.